The highest BCUT2D eigenvalue weighted by Crippen LogP contribution is 2.25. The van der Waals surface area contributed by atoms with E-state index in [0.29, 0.717) is 6.61 Å². The van der Waals surface area contributed by atoms with Crippen LogP contribution in [0.2, 0.25) is 0 Å². The van der Waals surface area contributed by atoms with Gasteiger partial charge in [0.25, 0.3) is 0 Å². The minimum Gasteiger partial charge on any atom is -0.370 e. The number of nitrogens with one attached hydrogen (secondary N) is 1. The van der Waals surface area contributed by atoms with E-state index in [4.69, 9.17) is 4.74 Å². The molecule has 1 atom stereocenters. The van der Waals surface area contributed by atoms with E-state index in [1.807, 2.05) is 24.0 Å². The van der Waals surface area contributed by atoms with Crippen LogP contribution < -0.4 is 5.32 Å². The van der Waals surface area contributed by atoms with Crippen LogP contribution in [-0.2, 0) is 11.3 Å². The van der Waals surface area contributed by atoms with Gasteiger partial charge < -0.3 is 15.0 Å². The molecule has 0 radical (unpaired) electrons. The second-order valence-electron chi connectivity index (χ2n) is 7.18. The average Bonchev–Trinajstić information content (AvgIpc) is 3.30. The van der Waals surface area contributed by atoms with E-state index in [1.165, 1.54) is 16.7 Å². The predicted octanol–water partition coefficient (Wildman–Crippen LogP) is 3.95. The second kappa shape index (κ2) is 10.6. The van der Waals surface area contributed by atoms with Crippen molar-refractivity contribution in [2.75, 3.05) is 26.7 Å². The summed E-state index contributed by atoms with van der Waals surface area (Å²) in [5.41, 5.74) is 4.77. The van der Waals surface area contributed by atoms with Crippen molar-refractivity contribution < 1.29 is 4.74 Å². The molecule has 6 nitrogen and oxygen atoms in total. The number of benzene rings is 2. The van der Waals surface area contributed by atoms with Crippen LogP contribution in [-0.4, -0.2) is 47.4 Å². The molecule has 158 valence electrons. The number of morpholine rings is 1. The molecule has 7 heteroatoms. The Balaban J connectivity index is 0.00000256. The first-order valence-corrected chi connectivity index (χ1v) is 9.96. The first kappa shape index (κ1) is 22.3. The van der Waals surface area contributed by atoms with Gasteiger partial charge >= 0.3 is 0 Å². The standard InChI is InChI=1S/C23H27N5O.HI/c1-18-6-3-4-7-21(18)22-17-27(14-15-29-22)23(24-2)25-16-19-8-10-20(11-9-19)28-13-5-12-26-28;/h3-13,22H,14-17H2,1-2H3,(H,24,25);1H. The molecule has 1 aliphatic heterocycles. The summed E-state index contributed by atoms with van der Waals surface area (Å²) in [6.07, 6.45) is 3.79. The minimum atomic E-state index is 0. The maximum atomic E-state index is 6.05. The van der Waals surface area contributed by atoms with Crippen molar-refractivity contribution in [2.24, 2.45) is 4.99 Å². The lowest BCUT2D eigenvalue weighted by Gasteiger charge is -2.35. The maximum absolute atomic E-state index is 6.05. The van der Waals surface area contributed by atoms with Crippen LogP contribution in [0, 0.1) is 6.92 Å². The number of aryl methyl sites for hydroxylation is 1. The molecule has 2 aromatic carbocycles. The summed E-state index contributed by atoms with van der Waals surface area (Å²) in [4.78, 5) is 6.77. The van der Waals surface area contributed by atoms with E-state index in [0.717, 1.165) is 31.3 Å². The molecule has 1 aromatic heterocycles. The number of rotatable bonds is 4. The van der Waals surface area contributed by atoms with Gasteiger partial charge in [-0.15, -0.1) is 24.0 Å². The third-order valence-corrected chi connectivity index (χ3v) is 5.27. The number of nitrogens with zero attached hydrogens (tertiary/aromatic N) is 4. The third-order valence-electron chi connectivity index (χ3n) is 5.27. The molecular formula is C23H28IN5O. The van der Waals surface area contributed by atoms with Crippen molar-refractivity contribution >= 4 is 29.9 Å². The zero-order valence-electron chi connectivity index (χ0n) is 17.4. The number of ether oxygens (including phenoxy) is 1. The van der Waals surface area contributed by atoms with Crippen molar-refractivity contribution in [2.45, 2.75) is 19.6 Å². The fourth-order valence-electron chi connectivity index (χ4n) is 3.68. The zero-order valence-corrected chi connectivity index (χ0v) is 19.7. The summed E-state index contributed by atoms with van der Waals surface area (Å²) in [5.74, 6) is 0.906. The van der Waals surface area contributed by atoms with Gasteiger partial charge in [-0.3, -0.25) is 4.99 Å². The maximum Gasteiger partial charge on any atom is 0.194 e. The molecule has 4 rings (SSSR count). The van der Waals surface area contributed by atoms with Crippen molar-refractivity contribution in [3.63, 3.8) is 0 Å². The molecule has 0 aliphatic carbocycles. The van der Waals surface area contributed by atoms with E-state index < -0.39 is 0 Å². The Bertz CT molecular complexity index is 956. The van der Waals surface area contributed by atoms with E-state index in [-0.39, 0.29) is 30.1 Å². The molecule has 1 unspecified atom stereocenters. The van der Waals surface area contributed by atoms with Gasteiger partial charge in [0, 0.05) is 32.5 Å². The summed E-state index contributed by atoms with van der Waals surface area (Å²) >= 11 is 0. The molecule has 0 bridgehead atoms. The van der Waals surface area contributed by atoms with Crippen LogP contribution in [0.25, 0.3) is 5.69 Å². The van der Waals surface area contributed by atoms with Crippen LogP contribution in [0.4, 0.5) is 0 Å². The number of hydrogen-bond donors (Lipinski definition) is 1. The molecule has 2 heterocycles. The normalized spacial score (nSPS) is 16.8. The van der Waals surface area contributed by atoms with Crippen LogP contribution >= 0.6 is 24.0 Å². The molecule has 3 aromatic rings. The fourth-order valence-corrected chi connectivity index (χ4v) is 3.68. The highest BCUT2D eigenvalue weighted by Gasteiger charge is 2.25. The first-order valence-electron chi connectivity index (χ1n) is 9.96. The highest BCUT2D eigenvalue weighted by atomic mass is 127. The van der Waals surface area contributed by atoms with Gasteiger partial charge in [0.05, 0.1) is 18.8 Å². The van der Waals surface area contributed by atoms with Crippen LogP contribution in [0.15, 0.2) is 72.0 Å². The molecule has 1 N–H and O–H groups in total. The van der Waals surface area contributed by atoms with Crippen molar-refractivity contribution in [1.29, 1.82) is 0 Å². The van der Waals surface area contributed by atoms with Gasteiger partial charge in [-0.2, -0.15) is 5.10 Å². The average molecular weight is 517 g/mol. The molecule has 1 aliphatic rings. The molecule has 0 amide bonds. The SMILES string of the molecule is CN=C(NCc1ccc(-n2cccn2)cc1)N1CCOC(c2ccccc2C)C1.I. The summed E-state index contributed by atoms with van der Waals surface area (Å²) in [6, 6.07) is 18.7. The molecular weight excluding hydrogens is 489 g/mol. The Morgan fingerprint density at radius 1 is 1.17 bits per heavy atom. The molecule has 1 fully saturated rings. The van der Waals surface area contributed by atoms with Gasteiger partial charge in [0.1, 0.15) is 6.10 Å². The summed E-state index contributed by atoms with van der Waals surface area (Å²) < 4.78 is 7.91. The zero-order chi connectivity index (χ0) is 20.1. The second-order valence-corrected chi connectivity index (χ2v) is 7.18. The van der Waals surface area contributed by atoms with Gasteiger partial charge in [0.2, 0.25) is 0 Å². The van der Waals surface area contributed by atoms with Crippen molar-refractivity contribution in [3.8, 4) is 5.69 Å². The third kappa shape index (κ3) is 5.20. The van der Waals surface area contributed by atoms with E-state index in [2.05, 4.69) is 75.8 Å². The van der Waals surface area contributed by atoms with Crippen LogP contribution in [0.3, 0.4) is 0 Å². The lowest BCUT2D eigenvalue weighted by Crippen LogP contribution is -2.48. The molecule has 30 heavy (non-hydrogen) atoms. The largest absolute Gasteiger partial charge is 0.370 e. The predicted molar refractivity (Wildman–Crippen MR) is 131 cm³/mol. The van der Waals surface area contributed by atoms with Crippen LogP contribution in [0.5, 0.6) is 0 Å². The Labute approximate surface area is 195 Å². The Hall–Kier alpha value is -2.39. The number of aromatic nitrogens is 2. The summed E-state index contributed by atoms with van der Waals surface area (Å²) in [6.45, 7) is 5.18. The molecule has 1 saturated heterocycles. The lowest BCUT2D eigenvalue weighted by molar-refractivity contribution is -0.00833. The topological polar surface area (TPSA) is 54.7 Å². The smallest absolute Gasteiger partial charge is 0.194 e. The summed E-state index contributed by atoms with van der Waals surface area (Å²) in [7, 11) is 1.83. The number of aliphatic imine (C=N–C) groups is 1. The van der Waals surface area contributed by atoms with E-state index >= 15 is 0 Å². The first-order chi connectivity index (χ1) is 14.2. The van der Waals surface area contributed by atoms with Crippen LogP contribution in [0.1, 0.15) is 22.8 Å². The molecule has 0 saturated carbocycles. The van der Waals surface area contributed by atoms with Gasteiger partial charge in [0.15, 0.2) is 5.96 Å². The lowest BCUT2D eigenvalue weighted by atomic mass is 10.0. The van der Waals surface area contributed by atoms with E-state index in [1.54, 1.807) is 6.20 Å². The van der Waals surface area contributed by atoms with Crippen molar-refractivity contribution in [3.05, 3.63) is 83.7 Å². The quantitative estimate of drug-likeness (QED) is 0.324. The van der Waals surface area contributed by atoms with Crippen molar-refractivity contribution in [1.82, 2.24) is 20.0 Å². The monoisotopic (exact) mass is 517 g/mol. The number of hydrogen-bond acceptors (Lipinski definition) is 3. The minimum absolute atomic E-state index is 0. The van der Waals surface area contributed by atoms with E-state index in [9.17, 15) is 0 Å². The highest BCUT2D eigenvalue weighted by molar-refractivity contribution is 14.0. The van der Waals surface area contributed by atoms with Gasteiger partial charge in [-0.1, -0.05) is 36.4 Å². The number of guanidine groups is 1. The molecule has 0 spiro atoms. The Kier molecular flexibility index (Phi) is 7.87. The van der Waals surface area contributed by atoms with Gasteiger partial charge in [-0.25, -0.2) is 4.68 Å². The van der Waals surface area contributed by atoms with Gasteiger partial charge in [-0.05, 0) is 41.8 Å². The number of halogens is 1. The summed E-state index contributed by atoms with van der Waals surface area (Å²) in [5, 5.41) is 7.76. The Morgan fingerprint density at radius 2 is 1.97 bits per heavy atom. The fraction of sp³-hybridized carbons (Fsp3) is 0.304. The Morgan fingerprint density at radius 3 is 2.67 bits per heavy atom.